The molecular weight excluding hydrogens is 244 g/mol. The molecule has 1 aliphatic heterocycles. The second-order valence-electron chi connectivity index (χ2n) is 4.55. The van der Waals surface area contributed by atoms with E-state index in [0.29, 0.717) is 0 Å². The Hall–Kier alpha value is -1.15. The number of Topliss-reactive ketones (excluding diaryl/α,β-unsaturated/α-hetero) is 3. The first-order valence-electron chi connectivity index (χ1n) is 5.34. The molecule has 0 aliphatic carbocycles. The van der Waals surface area contributed by atoms with E-state index in [9.17, 15) is 29.7 Å². The molecule has 7 nitrogen and oxygen atoms in total. The Kier molecular flexibility index (Phi) is 3.25. The molecule has 0 bridgehead atoms. The molecule has 0 spiro atoms. The second-order valence-corrected chi connectivity index (χ2v) is 4.55. The molecule has 1 heterocycles. The Labute approximate surface area is 103 Å². The molecule has 0 amide bonds. The minimum absolute atomic E-state index is 0.850. The molecule has 0 aromatic heterocycles. The lowest BCUT2D eigenvalue weighted by Gasteiger charge is -2.38. The van der Waals surface area contributed by atoms with E-state index < -0.39 is 40.4 Å². The van der Waals surface area contributed by atoms with Crippen molar-refractivity contribution in [1.29, 1.82) is 0 Å². The molecule has 102 valence electrons. The van der Waals surface area contributed by atoms with Crippen LogP contribution in [-0.4, -0.2) is 55.8 Å². The Morgan fingerprint density at radius 2 is 1.39 bits per heavy atom. The third-order valence-corrected chi connectivity index (χ3v) is 3.50. The van der Waals surface area contributed by atoms with Crippen LogP contribution in [0.4, 0.5) is 0 Å². The van der Waals surface area contributed by atoms with Crippen LogP contribution >= 0.6 is 0 Å². The lowest BCUT2D eigenvalue weighted by atomic mass is 9.71. The van der Waals surface area contributed by atoms with Crippen molar-refractivity contribution in [3.63, 3.8) is 0 Å². The maximum atomic E-state index is 11.6. The second kappa shape index (κ2) is 3.92. The fourth-order valence-corrected chi connectivity index (χ4v) is 2.36. The van der Waals surface area contributed by atoms with Crippen LogP contribution in [0, 0.1) is 0 Å². The summed E-state index contributed by atoms with van der Waals surface area (Å²) in [7, 11) is 0. The van der Waals surface area contributed by atoms with Gasteiger partial charge >= 0.3 is 0 Å². The van der Waals surface area contributed by atoms with E-state index in [0.717, 1.165) is 20.8 Å². The summed E-state index contributed by atoms with van der Waals surface area (Å²) in [6, 6.07) is 0. The van der Waals surface area contributed by atoms with Crippen molar-refractivity contribution >= 4 is 17.3 Å². The fraction of sp³-hybridized carbons (Fsp3) is 0.727. The van der Waals surface area contributed by atoms with Crippen LogP contribution in [0.1, 0.15) is 27.7 Å². The maximum absolute atomic E-state index is 11.6. The van der Waals surface area contributed by atoms with Crippen LogP contribution in [0.3, 0.4) is 0 Å². The highest BCUT2D eigenvalue weighted by atomic mass is 16.7. The molecule has 3 N–H and O–H groups in total. The van der Waals surface area contributed by atoms with Crippen molar-refractivity contribution in [3.8, 4) is 0 Å². The van der Waals surface area contributed by atoms with Gasteiger partial charge in [0.05, 0.1) is 6.10 Å². The van der Waals surface area contributed by atoms with Gasteiger partial charge in [-0.3, -0.25) is 14.4 Å². The van der Waals surface area contributed by atoms with Crippen molar-refractivity contribution < 1.29 is 34.4 Å². The molecule has 0 saturated carbocycles. The van der Waals surface area contributed by atoms with Gasteiger partial charge in [0, 0.05) is 6.92 Å². The van der Waals surface area contributed by atoms with Crippen molar-refractivity contribution in [2.24, 2.45) is 0 Å². The van der Waals surface area contributed by atoms with E-state index in [1.54, 1.807) is 0 Å². The van der Waals surface area contributed by atoms with E-state index in [2.05, 4.69) is 0 Å². The molecule has 1 rings (SSSR count). The number of rotatable bonds is 3. The van der Waals surface area contributed by atoms with Crippen LogP contribution < -0.4 is 0 Å². The molecule has 0 aromatic rings. The van der Waals surface area contributed by atoms with E-state index in [4.69, 9.17) is 4.74 Å². The molecule has 7 heteroatoms. The minimum Gasteiger partial charge on any atom is -0.376 e. The van der Waals surface area contributed by atoms with Crippen LogP contribution in [0.5, 0.6) is 0 Å². The van der Waals surface area contributed by atoms with E-state index in [1.807, 2.05) is 0 Å². The number of hydrogen-bond donors (Lipinski definition) is 3. The third-order valence-electron chi connectivity index (χ3n) is 3.50. The molecular formula is C11H16O7. The van der Waals surface area contributed by atoms with Crippen LogP contribution in [0.15, 0.2) is 0 Å². The standard InChI is InChI=1S/C11H16O7/c1-5(12)9(15)8(4)18-11(17,7(3)14)10(9,16)6(2)13/h8,15-17H,1-4H3/t8-,9-,10-,11?/m1/s1. The zero-order valence-corrected chi connectivity index (χ0v) is 10.6. The first-order valence-corrected chi connectivity index (χ1v) is 5.34. The molecule has 0 radical (unpaired) electrons. The number of ketones is 3. The number of ether oxygens (including phenoxy) is 1. The van der Waals surface area contributed by atoms with Gasteiger partial charge in [0.2, 0.25) is 5.60 Å². The summed E-state index contributed by atoms with van der Waals surface area (Å²) in [5.74, 6) is -6.14. The molecule has 0 aromatic carbocycles. The fourth-order valence-electron chi connectivity index (χ4n) is 2.36. The summed E-state index contributed by atoms with van der Waals surface area (Å²) >= 11 is 0. The average molecular weight is 260 g/mol. The number of carbonyl (C=O) groups is 3. The highest BCUT2D eigenvalue weighted by molar-refractivity contribution is 6.04. The maximum Gasteiger partial charge on any atom is 0.267 e. The summed E-state index contributed by atoms with van der Waals surface area (Å²) in [6.07, 6.45) is -1.42. The van der Waals surface area contributed by atoms with Crippen molar-refractivity contribution in [2.75, 3.05) is 0 Å². The topological polar surface area (TPSA) is 121 Å². The monoisotopic (exact) mass is 260 g/mol. The number of aliphatic hydroxyl groups is 3. The minimum atomic E-state index is -3.03. The van der Waals surface area contributed by atoms with Crippen LogP contribution in [-0.2, 0) is 19.1 Å². The van der Waals surface area contributed by atoms with E-state index >= 15 is 0 Å². The Bertz CT molecular complexity index is 431. The lowest BCUT2D eigenvalue weighted by molar-refractivity contribution is -0.248. The molecule has 1 saturated heterocycles. The molecule has 1 unspecified atom stereocenters. The zero-order valence-electron chi connectivity index (χ0n) is 10.6. The summed E-state index contributed by atoms with van der Waals surface area (Å²) in [5.41, 5.74) is -5.71. The molecule has 4 atom stereocenters. The summed E-state index contributed by atoms with van der Waals surface area (Å²) in [4.78, 5) is 34.6. The summed E-state index contributed by atoms with van der Waals surface area (Å²) < 4.78 is 4.83. The zero-order chi connectivity index (χ0) is 14.5. The Morgan fingerprint density at radius 1 is 0.944 bits per heavy atom. The lowest BCUT2D eigenvalue weighted by Crippen LogP contribution is -2.72. The predicted molar refractivity (Wildman–Crippen MR) is 57.4 cm³/mol. The summed E-state index contributed by atoms with van der Waals surface area (Å²) in [6.45, 7) is 3.84. The molecule has 18 heavy (non-hydrogen) atoms. The quantitative estimate of drug-likeness (QED) is 0.554. The number of hydrogen-bond acceptors (Lipinski definition) is 7. The highest BCUT2D eigenvalue weighted by Crippen LogP contribution is 2.47. The Balaban J connectivity index is 3.63. The normalized spacial score (nSPS) is 43.8. The van der Waals surface area contributed by atoms with E-state index in [1.165, 1.54) is 6.92 Å². The van der Waals surface area contributed by atoms with Gasteiger partial charge in [-0.05, 0) is 20.8 Å². The summed E-state index contributed by atoms with van der Waals surface area (Å²) in [5, 5.41) is 30.6. The predicted octanol–water partition coefficient (Wildman–Crippen LogP) is -1.68. The SMILES string of the molecule is CC(=O)C1(O)O[C@H](C)[C@](O)(C(C)=O)[C@]1(O)C(C)=O. The van der Waals surface area contributed by atoms with Crippen LogP contribution in [0.2, 0.25) is 0 Å². The van der Waals surface area contributed by atoms with Gasteiger partial charge in [-0.15, -0.1) is 0 Å². The largest absolute Gasteiger partial charge is 0.376 e. The van der Waals surface area contributed by atoms with Gasteiger partial charge in [0.1, 0.15) is 0 Å². The molecule has 1 aliphatic rings. The van der Waals surface area contributed by atoms with Gasteiger partial charge in [-0.2, -0.15) is 0 Å². The highest BCUT2D eigenvalue weighted by Gasteiger charge is 2.78. The van der Waals surface area contributed by atoms with Crippen molar-refractivity contribution in [3.05, 3.63) is 0 Å². The van der Waals surface area contributed by atoms with Crippen molar-refractivity contribution in [2.45, 2.75) is 50.8 Å². The van der Waals surface area contributed by atoms with Gasteiger partial charge in [0.15, 0.2) is 23.0 Å². The van der Waals surface area contributed by atoms with Gasteiger partial charge in [-0.1, -0.05) is 0 Å². The third kappa shape index (κ3) is 1.36. The van der Waals surface area contributed by atoms with Gasteiger partial charge in [0.25, 0.3) is 5.79 Å². The van der Waals surface area contributed by atoms with Crippen molar-refractivity contribution in [1.82, 2.24) is 0 Å². The van der Waals surface area contributed by atoms with Gasteiger partial charge < -0.3 is 20.1 Å². The first-order chi connectivity index (χ1) is 7.96. The average Bonchev–Trinajstić information content (AvgIpc) is 2.40. The van der Waals surface area contributed by atoms with Crippen LogP contribution in [0.25, 0.3) is 0 Å². The Morgan fingerprint density at radius 3 is 1.67 bits per heavy atom. The molecule has 1 fully saturated rings. The number of carbonyl (C=O) groups excluding carboxylic acids is 3. The van der Waals surface area contributed by atoms with Gasteiger partial charge in [-0.25, -0.2) is 0 Å². The smallest absolute Gasteiger partial charge is 0.267 e. The van der Waals surface area contributed by atoms with E-state index in [-0.39, 0.29) is 0 Å². The first kappa shape index (κ1) is 14.9.